The van der Waals surface area contributed by atoms with Gasteiger partial charge in [-0.25, -0.2) is 30.6 Å². The van der Waals surface area contributed by atoms with Gasteiger partial charge in [-0.05, 0) is 80.8 Å². The van der Waals surface area contributed by atoms with Crippen LogP contribution >= 0.6 is 11.6 Å². The van der Waals surface area contributed by atoms with Crippen LogP contribution in [-0.4, -0.2) is 70.7 Å². The summed E-state index contributed by atoms with van der Waals surface area (Å²) in [6.45, 7) is -0.543. The number of hydrogen-bond acceptors (Lipinski definition) is 8. The van der Waals surface area contributed by atoms with Crippen molar-refractivity contribution in [3.63, 3.8) is 0 Å². The second-order valence-corrected chi connectivity index (χ2v) is 21.0. The Bertz CT molecular complexity index is 3050. The van der Waals surface area contributed by atoms with Crippen molar-refractivity contribution in [3.05, 3.63) is 93.0 Å². The average molecular weight is 982 g/mol. The van der Waals surface area contributed by atoms with Crippen molar-refractivity contribution < 1.29 is 65.5 Å². The molecule has 0 spiro atoms. The zero-order valence-electron chi connectivity index (χ0n) is 34.1. The van der Waals surface area contributed by atoms with Crippen LogP contribution in [0, 0.1) is 29.4 Å². The Morgan fingerprint density at radius 1 is 0.938 bits per heavy atom. The fourth-order valence-electron chi connectivity index (χ4n) is 7.89. The quantitative estimate of drug-likeness (QED) is 0.0995. The normalized spacial score (nSPS) is 17.8. The predicted octanol–water partition coefficient (Wildman–Crippen LogP) is 8.05. The van der Waals surface area contributed by atoms with Gasteiger partial charge in [-0.2, -0.15) is 45.3 Å². The molecule has 65 heavy (non-hydrogen) atoms. The maximum absolute atomic E-state index is 15.7. The van der Waals surface area contributed by atoms with Gasteiger partial charge < -0.3 is 5.32 Å². The first-order valence-electron chi connectivity index (χ1n) is 19.1. The number of benzene rings is 2. The minimum absolute atomic E-state index is 0.0151. The number of carbonyl (C=O) groups is 1. The van der Waals surface area contributed by atoms with Crippen LogP contribution in [0.2, 0.25) is 5.02 Å². The van der Waals surface area contributed by atoms with E-state index in [1.165, 1.54) is 32.0 Å². The van der Waals surface area contributed by atoms with Gasteiger partial charge in [-0.1, -0.05) is 23.6 Å². The summed E-state index contributed by atoms with van der Waals surface area (Å²) >= 11 is 6.47. The fraction of sp³-hybridized carbons (Fsp3) is 0.400. The molecular formula is C40H34ClF10N7O5S2. The molecule has 1 amide bonds. The monoisotopic (exact) mass is 981 g/mol. The number of nitrogens with one attached hydrogen (secondary N) is 2. The smallest absolute Gasteiger partial charge is 0.346 e. The molecule has 0 unspecified atom stereocenters. The third-order valence-electron chi connectivity index (χ3n) is 11.1. The standard InChI is InChI=1S/C40H34ClF10N7O5S2/c1-37(2,64(3,60)61)12-11-22-5-6-23(24-8-10-27(41)31-33(24)58(18-38(44,45)46)55-36(31)56-65(4,62)63)32(52-22)28(15-19-13-20(42)16-21(43)14-19)53-29(59)17-57-35-30(34(54-57)40(49,50)51)25-7-9-26(25)39(35,47)48/h5-6,8,10,13-14,16,25-26,28H,7,9,15,17-18H2,1-4H3,(H,53,59)(H,55,56)/t25-,26+,28-/m0/s1. The van der Waals surface area contributed by atoms with Crippen molar-refractivity contribution in [3.8, 4) is 23.0 Å². The number of fused-ring (bicyclic) bond motifs is 4. The molecule has 7 rings (SSSR count). The first kappa shape index (κ1) is 47.5. The van der Waals surface area contributed by atoms with Gasteiger partial charge in [0.05, 0.1) is 33.9 Å². The summed E-state index contributed by atoms with van der Waals surface area (Å²) in [5, 5.41) is 9.08. The van der Waals surface area contributed by atoms with E-state index in [-0.39, 0.29) is 56.0 Å². The summed E-state index contributed by atoms with van der Waals surface area (Å²) in [6, 6.07) is 5.26. The van der Waals surface area contributed by atoms with E-state index in [0.717, 1.165) is 24.5 Å². The zero-order chi connectivity index (χ0) is 48.0. The number of aromatic nitrogens is 5. The maximum Gasteiger partial charge on any atom is 0.435 e. The van der Waals surface area contributed by atoms with E-state index in [0.29, 0.717) is 17.0 Å². The minimum Gasteiger partial charge on any atom is -0.346 e. The summed E-state index contributed by atoms with van der Waals surface area (Å²) in [6.07, 6.45) is -9.30. The highest BCUT2D eigenvalue weighted by molar-refractivity contribution is 7.92. The summed E-state index contributed by atoms with van der Waals surface area (Å²) in [5.74, 6) is -5.46. The lowest BCUT2D eigenvalue weighted by Crippen LogP contribution is -2.36. The summed E-state index contributed by atoms with van der Waals surface area (Å²) in [4.78, 5) is 18.6. The fourth-order valence-corrected chi connectivity index (χ4v) is 8.86. The SMILES string of the molecule is CC(C)(C#Cc1ccc(-c2ccc(Cl)c3c(NS(C)(=O)=O)nn(CC(F)(F)F)c23)c([C@H](Cc2cc(F)cc(F)c2)NC(=O)Cn2nc(C(F)(F)F)c3c2C(F)(F)[C@@H]2CC[C@H]32)n1)S(C)(=O)=O. The van der Waals surface area contributed by atoms with E-state index in [9.17, 15) is 56.8 Å². The molecule has 3 heterocycles. The number of nitrogens with zero attached hydrogens (tertiary/aromatic N) is 5. The van der Waals surface area contributed by atoms with Crippen LogP contribution < -0.4 is 10.0 Å². The third-order valence-corrected chi connectivity index (χ3v) is 13.9. The number of pyridine rings is 1. The molecule has 0 aliphatic heterocycles. The van der Waals surface area contributed by atoms with E-state index in [4.69, 9.17) is 11.6 Å². The highest BCUT2D eigenvalue weighted by atomic mass is 35.5. The number of halogens is 11. The number of carbonyl (C=O) groups excluding carboxylic acids is 1. The third kappa shape index (κ3) is 9.49. The Hall–Kier alpha value is -5.41. The minimum atomic E-state index is -5.19. The Morgan fingerprint density at radius 3 is 2.15 bits per heavy atom. The molecule has 0 bridgehead atoms. The molecule has 2 aliphatic rings. The summed E-state index contributed by atoms with van der Waals surface area (Å²) < 4.78 is 197. The first-order chi connectivity index (χ1) is 29.8. The van der Waals surface area contributed by atoms with Crippen molar-refractivity contribution in [2.45, 2.75) is 81.2 Å². The van der Waals surface area contributed by atoms with E-state index in [1.807, 2.05) is 4.72 Å². The lowest BCUT2D eigenvalue weighted by Gasteiger charge is -2.34. The number of sulfonamides is 1. The number of sulfone groups is 1. The predicted molar refractivity (Wildman–Crippen MR) is 216 cm³/mol. The Labute approximate surface area is 368 Å². The van der Waals surface area contributed by atoms with Crippen molar-refractivity contribution in [1.82, 2.24) is 29.9 Å². The topological polar surface area (TPSA) is 158 Å². The Balaban J connectivity index is 1.45. The van der Waals surface area contributed by atoms with Gasteiger partial charge in [0.15, 0.2) is 21.3 Å². The van der Waals surface area contributed by atoms with Crippen molar-refractivity contribution in [2.75, 3.05) is 17.2 Å². The number of amides is 1. The molecule has 1 saturated carbocycles. The number of hydrogen-bond donors (Lipinski definition) is 2. The van der Waals surface area contributed by atoms with Crippen LogP contribution in [-0.2, 0) is 56.3 Å². The highest BCUT2D eigenvalue weighted by Crippen LogP contribution is 2.64. The number of alkyl halides is 8. The molecule has 12 nitrogen and oxygen atoms in total. The zero-order valence-corrected chi connectivity index (χ0v) is 36.4. The van der Waals surface area contributed by atoms with E-state index in [2.05, 4.69) is 32.3 Å². The molecule has 5 aromatic rings. The first-order valence-corrected chi connectivity index (χ1v) is 23.3. The van der Waals surface area contributed by atoms with Gasteiger partial charge in [0.2, 0.25) is 15.9 Å². The Kier molecular flexibility index (Phi) is 11.8. The molecular weight excluding hydrogens is 948 g/mol. The van der Waals surface area contributed by atoms with Crippen LogP contribution in [0.3, 0.4) is 0 Å². The largest absolute Gasteiger partial charge is 0.435 e. The van der Waals surface area contributed by atoms with Crippen LogP contribution in [0.25, 0.3) is 22.0 Å². The molecule has 3 aromatic heterocycles. The summed E-state index contributed by atoms with van der Waals surface area (Å²) in [5.41, 5.74) is -5.13. The average Bonchev–Trinajstić information content (AvgIpc) is 3.70. The molecule has 0 radical (unpaired) electrons. The van der Waals surface area contributed by atoms with Crippen LogP contribution in [0.5, 0.6) is 0 Å². The van der Waals surface area contributed by atoms with Gasteiger partial charge in [0.25, 0.3) is 5.92 Å². The lowest BCUT2D eigenvalue weighted by atomic mass is 9.73. The molecule has 2 aromatic carbocycles. The molecule has 2 aliphatic carbocycles. The molecule has 2 N–H and O–H groups in total. The maximum atomic E-state index is 15.7. The summed E-state index contributed by atoms with van der Waals surface area (Å²) in [7, 11) is -8.06. The van der Waals surface area contributed by atoms with Gasteiger partial charge >= 0.3 is 12.4 Å². The molecule has 0 saturated heterocycles. The Morgan fingerprint density at radius 2 is 1.58 bits per heavy atom. The van der Waals surface area contributed by atoms with Crippen molar-refractivity contribution in [2.24, 2.45) is 5.92 Å². The highest BCUT2D eigenvalue weighted by Gasteiger charge is 2.63. The van der Waals surface area contributed by atoms with Crippen LogP contribution in [0.4, 0.5) is 49.7 Å². The van der Waals surface area contributed by atoms with E-state index in [1.54, 1.807) is 0 Å². The van der Waals surface area contributed by atoms with Crippen molar-refractivity contribution in [1.29, 1.82) is 0 Å². The molecule has 25 heteroatoms. The van der Waals surface area contributed by atoms with E-state index >= 15 is 8.78 Å². The van der Waals surface area contributed by atoms with Crippen LogP contribution in [0.1, 0.15) is 72.6 Å². The van der Waals surface area contributed by atoms with Gasteiger partial charge in [-0.15, -0.1) is 0 Å². The second kappa shape index (κ2) is 16.2. The lowest BCUT2D eigenvalue weighted by molar-refractivity contribution is -0.144. The van der Waals surface area contributed by atoms with Crippen molar-refractivity contribution >= 4 is 54.1 Å². The van der Waals surface area contributed by atoms with Gasteiger partial charge in [-0.3, -0.25) is 18.9 Å². The number of anilines is 1. The van der Waals surface area contributed by atoms with E-state index < -0.39 is 126 Å². The molecule has 3 atom stereocenters. The number of rotatable bonds is 11. The van der Waals surface area contributed by atoms with Gasteiger partial charge in [0.1, 0.15) is 40.9 Å². The molecule has 1 fully saturated rings. The molecule has 348 valence electrons. The van der Waals surface area contributed by atoms with Crippen LogP contribution in [0.15, 0.2) is 42.5 Å². The second-order valence-electron chi connectivity index (χ2n) is 16.3. The van der Waals surface area contributed by atoms with Gasteiger partial charge in [0, 0.05) is 34.9 Å².